The molecule has 3 aliphatic heterocycles. The molecule has 0 amide bonds. The number of phenolic OH excluding ortho intramolecular Hbond substituents is 4. The molecule has 0 spiro atoms. The van der Waals surface area contributed by atoms with Crippen LogP contribution < -0.4 is 10.2 Å². The number of phenols is 4. The molecule has 19 nitrogen and oxygen atoms in total. The van der Waals surface area contributed by atoms with Crippen LogP contribution in [0.3, 0.4) is 0 Å². The van der Waals surface area contributed by atoms with Crippen LogP contribution in [0.5, 0.6) is 34.5 Å². The highest BCUT2D eigenvalue weighted by Gasteiger charge is 2.48. The molecule has 3 aliphatic rings. The van der Waals surface area contributed by atoms with Crippen LogP contribution in [-0.4, -0.2) is 134 Å². The molecule has 0 aliphatic carbocycles. The Balaban J connectivity index is 0.000000184. The first-order chi connectivity index (χ1) is 29.1. The van der Waals surface area contributed by atoms with Gasteiger partial charge in [0.15, 0.2) is 5.76 Å². The summed E-state index contributed by atoms with van der Waals surface area (Å²) in [6, 6.07) is 16.7. The van der Waals surface area contributed by atoms with Crippen LogP contribution >= 0.6 is 0 Å². The summed E-state index contributed by atoms with van der Waals surface area (Å²) < 4.78 is 22.1. The second-order valence-corrected chi connectivity index (χ2v) is 14.4. The van der Waals surface area contributed by atoms with E-state index >= 15 is 0 Å². The zero-order chi connectivity index (χ0) is 44.0. The van der Waals surface area contributed by atoms with Gasteiger partial charge in [-0.2, -0.15) is 0 Å². The largest absolute Gasteiger partial charge is 0.508 e. The molecule has 61 heavy (non-hydrogen) atoms. The number of aliphatic hydroxyl groups is 8. The molecule has 13 N–H and O–H groups in total. The Morgan fingerprint density at radius 3 is 1.64 bits per heavy atom. The van der Waals surface area contributed by atoms with Gasteiger partial charge in [0.05, 0.1) is 35.3 Å². The molecule has 2 saturated heterocycles. The Hall–Kier alpha value is -6.10. The van der Waals surface area contributed by atoms with E-state index in [4.69, 9.17) is 18.6 Å². The van der Waals surface area contributed by atoms with Crippen LogP contribution in [0.2, 0.25) is 0 Å². The van der Waals surface area contributed by atoms with E-state index in [1.807, 2.05) is 0 Å². The van der Waals surface area contributed by atoms with Crippen molar-refractivity contribution in [2.75, 3.05) is 13.2 Å². The Morgan fingerprint density at radius 2 is 1.08 bits per heavy atom. The zero-order valence-corrected chi connectivity index (χ0v) is 31.5. The van der Waals surface area contributed by atoms with E-state index in [0.29, 0.717) is 11.1 Å². The number of benzene rings is 4. The van der Waals surface area contributed by atoms with Crippen LogP contribution in [0, 0.1) is 0 Å². The molecule has 5 aromatic rings. The van der Waals surface area contributed by atoms with E-state index in [-0.39, 0.29) is 62.0 Å². The van der Waals surface area contributed by atoms with Crippen molar-refractivity contribution in [3.8, 4) is 45.8 Å². The molecule has 322 valence electrons. The monoisotopic (exact) mass is 848 g/mol. The van der Waals surface area contributed by atoms with Crippen molar-refractivity contribution in [2.24, 2.45) is 0 Å². The van der Waals surface area contributed by atoms with Crippen molar-refractivity contribution >= 4 is 28.6 Å². The van der Waals surface area contributed by atoms with Crippen molar-refractivity contribution < 1.29 is 89.8 Å². The van der Waals surface area contributed by atoms with E-state index < -0.39 is 97.2 Å². The number of ether oxygens (including phenoxy) is 3. The molecule has 0 unspecified atom stereocenters. The van der Waals surface area contributed by atoms with E-state index in [9.17, 15) is 76.0 Å². The third kappa shape index (κ3) is 7.86. The van der Waals surface area contributed by atoms with E-state index in [1.54, 1.807) is 18.2 Å². The summed E-state index contributed by atoms with van der Waals surface area (Å²) in [4.78, 5) is 25.3. The minimum Gasteiger partial charge on any atom is -0.508 e. The lowest BCUT2D eigenvalue weighted by atomic mass is 9.89. The summed E-state index contributed by atoms with van der Waals surface area (Å²) in [5.41, 5.74) is 0.0515. The first-order valence-electron chi connectivity index (χ1n) is 18.6. The predicted octanol–water partition coefficient (Wildman–Crippen LogP) is 0.164. The van der Waals surface area contributed by atoms with Gasteiger partial charge in [0, 0.05) is 11.1 Å². The van der Waals surface area contributed by atoms with Crippen molar-refractivity contribution in [3.63, 3.8) is 0 Å². The number of esters is 1. The second kappa shape index (κ2) is 17.1. The number of aromatic hydroxyl groups is 5. The van der Waals surface area contributed by atoms with Gasteiger partial charge in [-0.05, 0) is 72.3 Å². The SMILES string of the molecule is O=C1Oc2c(ccc(O)c2[C@@H]2O[C@H](CO)[C@@H](O)[C@H](O)[C@H]2O)/C1=C\c1ccc(O)cc1.O=c1c(O)c(-c2ccc(O)cc2)oc2c([C@@H]3O[C@H](CO)[C@@H](O)[C@H](O)[C@H]3O)c(O)ccc12. The standard InChI is InChI=1S/C21H20O10.C21H20O9/c22-7-12-15(26)16(27)18(29)21(30-12)13-11(24)6-5-10-14(25)17(28)19(31-20(10)13)8-1-3-9(23)4-2-8;22-8-14-16(25)17(26)18(27)20(29-14)15-13(24)6-5-11-12(21(28)30-19(11)15)7-9-1-3-10(23)4-2-9/h1-6,12,15-16,18,21-24,26-29H,7H2;1-7,14,16-18,20,22-27H,8H2/b;12-7+/t12-,15-,16+,18-,21+;14-,16-,17+,18-,20+/m11/s1. The van der Waals surface area contributed by atoms with Gasteiger partial charge in [-0.1, -0.05) is 12.1 Å². The van der Waals surface area contributed by atoms with E-state index in [1.165, 1.54) is 54.6 Å². The van der Waals surface area contributed by atoms with Crippen molar-refractivity contribution in [3.05, 3.63) is 105 Å². The molecule has 2 fully saturated rings. The van der Waals surface area contributed by atoms with Gasteiger partial charge in [0.2, 0.25) is 11.2 Å². The van der Waals surface area contributed by atoms with Crippen molar-refractivity contribution in [2.45, 2.75) is 61.0 Å². The quantitative estimate of drug-likeness (QED) is 0.0615. The Labute approximate surface area is 343 Å². The maximum Gasteiger partial charge on any atom is 0.344 e. The lowest BCUT2D eigenvalue weighted by Crippen LogP contribution is -2.55. The first kappa shape index (κ1) is 43.0. The fourth-order valence-corrected chi connectivity index (χ4v) is 7.34. The number of carbonyl (C=O) groups excluding carboxylic acids is 1. The number of aliphatic hydroxyl groups excluding tert-OH is 8. The molecule has 1 aromatic heterocycles. The Morgan fingerprint density at radius 1 is 0.574 bits per heavy atom. The lowest BCUT2D eigenvalue weighted by molar-refractivity contribution is -0.232. The zero-order valence-electron chi connectivity index (χ0n) is 31.5. The van der Waals surface area contributed by atoms with Gasteiger partial charge in [-0.3, -0.25) is 4.79 Å². The van der Waals surface area contributed by atoms with Crippen LogP contribution in [0.1, 0.15) is 34.5 Å². The van der Waals surface area contributed by atoms with E-state index in [2.05, 4.69) is 0 Å². The minimum atomic E-state index is -1.73. The normalized spacial score (nSPS) is 27.9. The fraction of sp³-hybridized carbons (Fsp3) is 0.286. The smallest absolute Gasteiger partial charge is 0.344 e. The first-order valence-corrected chi connectivity index (χ1v) is 18.6. The van der Waals surface area contributed by atoms with Crippen molar-refractivity contribution in [1.29, 1.82) is 0 Å². The summed E-state index contributed by atoms with van der Waals surface area (Å²) in [5, 5.41) is 130. The number of hydrogen-bond acceptors (Lipinski definition) is 19. The van der Waals surface area contributed by atoms with Crippen LogP contribution in [-0.2, 0) is 14.3 Å². The highest BCUT2D eigenvalue weighted by Crippen LogP contribution is 2.48. The molecule has 0 radical (unpaired) electrons. The van der Waals surface area contributed by atoms with Crippen molar-refractivity contribution in [1.82, 2.24) is 0 Å². The summed E-state index contributed by atoms with van der Waals surface area (Å²) in [6.07, 6.45) is -13.7. The fourth-order valence-electron chi connectivity index (χ4n) is 7.34. The molecule has 0 bridgehead atoms. The molecular weight excluding hydrogens is 808 g/mol. The third-order valence-electron chi connectivity index (χ3n) is 10.6. The van der Waals surface area contributed by atoms with Gasteiger partial charge in [0.25, 0.3) is 0 Å². The van der Waals surface area contributed by atoms with Gasteiger partial charge in [-0.15, -0.1) is 0 Å². The van der Waals surface area contributed by atoms with Crippen LogP contribution in [0.25, 0.3) is 33.9 Å². The molecule has 10 atom stereocenters. The van der Waals surface area contributed by atoms with Gasteiger partial charge >= 0.3 is 5.97 Å². The molecular formula is C42H40O19. The summed E-state index contributed by atoms with van der Waals surface area (Å²) in [7, 11) is 0. The summed E-state index contributed by atoms with van der Waals surface area (Å²) in [6.45, 7) is -1.32. The number of hydrogen-bond donors (Lipinski definition) is 13. The van der Waals surface area contributed by atoms with Crippen LogP contribution in [0.15, 0.2) is 82.0 Å². The minimum absolute atomic E-state index is 0.0469. The molecule has 8 rings (SSSR count). The predicted molar refractivity (Wildman–Crippen MR) is 208 cm³/mol. The second-order valence-electron chi connectivity index (χ2n) is 14.4. The molecule has 19 heteroatoms. The van der Waals surface area contributed by atoms with Crippen LogP contribution in [0.4, 0.5) is 0 Å². The van der Waals surface area contributed by atoms with Gasteiger partial charge in [-0.25, -0.2) is 4.79 Å². The number of fused-ring (bicyclic) bond motifs is 2. The highest BCUT2D eigenvalue weighted by molar-refractivity contribution is 6.26. The summed E-state index contributed by atoms with van der Waals surface area (Å²) in [5.74, 6) is -2.48. The Kier molecular flexibility index (Phi) is 12.1. The maximum atomic E-state index is 12.8. The maximum absolute atomic E-state index is 12.8. The van der Waals surface area contributed by atoms with E-state index in [0.717, 1.165) is 6.07 Å². The number of rotatable bonds is 6. The average Bonchev–Trinajstić information content (AvgIpc) is 3.56. The molecule has 4 aromatic carbocycles. The van der Waals surface area contributed by atoms with Gasteiger partial charge < -0.3 is 85.0 Å². The molecule has 4 heterocycles. The molecule has 0 saturated carbocycles. The topological polar surface area (TPSA) is 338 Å². The number of carbonyl (C=O) groups is 1. The third-order valence-corrected chi connectivity index (χ3v) is 10.6. The Bertz CT molecular complexity index is 2510. The summed E-state index contributed by atoms with van der Waals surface area (Å²) >= 11 is 0. The highest BCUT2D eigenvalue weighted by atomic mass is 16.6. The lowest BCUT2D eigenvalue weighted by Gasteiger charge is -2.40. The van der Waals surface area contributed by atoms with Gasteiger partial charge in [0.1, 0.15) is 95.4 Å². The average molecular weight is 849 g/mol.